The lowest BCUT2D eigenvalue weighted by Crippen LogP contribution is -2.30. The van der Waals surface area contributed by atoms with Gasteiger partial charge in [0, 0.05) is 43.0 Å². The Morgan fingerprint density at radius 2 is 1.21 bits per heavy atom. The fraction of sp³-hybridized carbons (Fsp3) is 0.238. The highest BCUT2D eigenvalue weighted by Crippen LogP contribution is 2.18. The van der Waals surface area contributed by atoms with Crippen molar-refractivity contribution in [2.24, 2.45) is 5.10 Å². The highest BCUT2D eigenvalue weighted by atomic mass is 15.4. The highest BCUT2D eigenvalue weighted by Gasteiger charge is 2.12. The van der Waals surface area contributed by atoms with E-state index in [4.69, 9.17) is 0 Å². The summed E-state index contributed by atoms with van der Waals surface area (Å²) in [6, 6.07) is 19.6. The summed E-state index contributed by atoms with van der Waals surface area (Å²) >= 11 is 0. The number of piperidine rings is 1. The molecule has 0 radical (unpaired) electrons. The molecule has 2 aromatic carbocycles. The molecule has 0 unspecified atom stereocenters. The minimum absolute atomic E-state index is 0.392. The van der Waals surface area contributed by atoms with E-state index < -0.39 is 0 Å². The number of benzene rings is 2. The van der Waals surface area contributed by atoms with Gasteiger partial charge in [-0.25, -0.2) is 5.43 Å². The number of anilines is 5. The van der Waals surface area contributed by atoms with Crippen molar-refractivity contribution in [3.8, 4) is 0 Å². The molecule has 1 aromatic heterocycles. The Balaban J connectivity index is 1.56. The number of rotatable bonds is 6. The first-order chi connectivity index (χ1) is 14.2. The molecule has 3 N–H and O–H groups in total. The molecule has 0 aliphatic carbocycles. The molecule has 1 aliphatic heterocycles. The zero-order valence-corrected chi connectivity index (χ0v) is 16.3. The maximum Gasteiger partial charge on any atom is 0.250 e. The third-order valence-electron chi connectivity index (χ3n) is 4.57. The van der Waals surface area contributed by atoms with Gasteiger partial charge in [-0.1, -0.05) is 36.4 Å². The molecule has 4 rings (SSSR count). The van der Waals surface area contributed by atoms with Gasteiger partial charge in [0.1, 0.15) is 0 Å². The Kier molecular flexibility index (Phi) is 5.92. The average Bonchev–Trinajstić information content (AvgIpc) is 2.75. The smallest absolute Gasteiger partial charge is 0.250 e. The van der Waals surface area contributed by atoms with Gasteiger partial charge in [0.15, 0.2) is 0 Å². The van der Waals surface area contributed by atoms with Gasteiger partial charge in [-0.2, -0.15) is 20.1 Å². The van der Waals surface area contributed by atoms with Crippen LogP contribution in [0.4, 0.5) is 29.2 Å². The van der Waals surface area contributed by atoms with E-state index in [1.165, 1.54) is 0 Å². The Morgan fingerprint density at radius 3 is 1.72 bits per heavy atom. The standard InChI is InChI=1S/C21H24N8/c1-29-14-12-18(13-15-29)27-28-21-25-19(22-16-8-4-2-5-9-16)24-20(26-21)23-17-10-6-3-7-11-17/h2-11H,12-15H2,1H3,(H3,22,23,24,25,26,28). The maximum absolute atomic E-state index is 4.52. The minimum Gasteiger partial charge on any atom is -0.324 e. The quantitative estimate of drug-likeness (QED) is 0.553. The van der Waals surface area contributed by atoms with Crippen molar-refractivity contribution in [3.05, 3.63) is 60.7 Å². The van der Waals surface area contributed by atoms with E-state index in [2.05, 4.69) is 48.1 Å². The molecule has 29 heavy (non-hydrogen) atoms. The molecular formula is C21H24N8. The number of para-hydroxylation sites is 2. The molecule has 1 aliphatic rings. The first-order valence-corrected chi connectivity index (χ1v) is 9.65. The average molecular weight is 388 g/mol. The zero-order valence-electron chi connectivity index (χ0n) is 16.3. The molecule has 1 saturated heterocycles. The number of hydrogen-bond donors (Lipinski definition) is 3. The molecule has 2 heterocycles. The Morgan fingerprint density at radius 1 is 0.724 bits per heavy atom. The van der Waals surface area contributed by atoms with E-state index in [0.29, 0.717) is 17.8 Å². The van der Waals surface area contributed by atoms with E-state index in [-0.39, 0.29) is 0 Å². The van der Waals surface area contributed by atoms with E-state index >= 15 is 0 Å². The van der Waals surface area contributed by atoms with Gasteiger partial charge in [-0.15, -0.1) is 0 Å². The largest absolute Gasteiger partial charge is 0.324 e. The molecule has 0 saturated carbocycles. The molecule has 0 bridgehead atoms. The summed E-state index contributed by atoms with van der Waals surface area (Å²) in [4.78, 5) is 15.7. The van der Waals surface area contributed by atoms with Gasteiger partial charge in [0.2, 0.25) is 17.8 Å². The summed E-state index contributed by atoms with van der Waals surface area (Å²) in [5.41, 5.74) is 5.93. The van der Waals surface area contributed by atoms with Crippen molar-refractivity contribution in [3.63, 3.8) is 0 Å². The molecule has 0 atom stereocenters. The van der Waals surface area contributed by atoms with Gasteiger partial charge >= 0.3 is 0 Å². The van der Waals surface area contributed by atoms with Crippen LogP contribution in [-0.2, 0) is 0 Å². The summed E-state index contributed by atoms with van der Waals surface area (Å²) in [6.45, 7) is 2.03. The zero-order chi connectivity index (χ0) is 19.9. The second-order valence-electron chi connectivity index (χ2n) is 6.88. The SMILES string of the molecule is CN1CCC(=NNc2nc(Nc3ccccc3)nc(Nc3ccccc3)n2)CC1. The lowest BCUT2D eigenvalue weighted by Gasteiger charge is -2.22. The molecule has 0 amide bonds. The molecule has 3 aromatic rings. The Bertz CT molecular complexity index is 889. The first-order valence-electron chi connectivity index (χ1n) is 9.65. The monoisotopic (exact) mass is 388 g/mol. The van der Waals surface area contributed by atoms with E-state index in [1.807, 2.05) is 60.7 Å². The van der Waals surface area contributed by atoms with Crippen LogP contribution in [0.3, 0.4) is 0 Å². The van der Waals surface area contributed by atoms with Crippen molar-refractivity contribution in [1.29, 1.82) is 0 Å². The van der Waals surface area contributed by atoms with Gasteiger partial charge in [-0.05, 0) is 31.3 Å². The number of likely N-dealkylation sites (tertiary alicyclic amines) is 1. The summed E-state index contributed by atoms with van der Waals surface area (Å²) in [5.74, 6) is 1.27. The van der Waals surface area contributed by atoms with Gasteiger partial charge in [0.05, 0.1) is 0 Å². The molecule has 148 valence electrons. The fourth-order valence-corrected chi connectivity index (χ4v) is 2.96. The number of hydrogen-bond acceptors (Lipinski definition) is 8. The van der Waals surface area contributed by atoms with E-state index in [0.717, 1.165) is 43.0 Å². The van der Waals surface area contributed by atoms with Crippen LogP contribution in [0.1, 0.15) is 12.8 Å². The lowest BCUT2D eigenvalue weighted by molar-refractivity contribution is 0.336. The van der Waals surface area contributed by atoms with Gasteiger partial charge in [0.25, 0.3) is 0 Å². The normalized spacial score (nSPS) is 14.3. The predicted molar refractivity (Wildman–Crippen MR) is 117 cm³/mol. The van der Waals surface area contributed by atoms with Crippen LogP contribution in [-0.4, -0.2) is 45.7 Å². The Labute approximate surface area is 170 Å². The lowest BCUT2D eigenvalue weighted by atomic mass is 10.1. The molecular weight excluding hydrogens is 364 g/mol. The minimum atomic E-state index is 0.392. The highest BCUT2D eigenvalue weighted by molar-refractivity contribution is 5.86. The van der Waals surface area contributed by atoms with Crippen LogP contribution in [0.5, 0.6) is 0 Å². The van der Waals surface area contributed by atoms with Crippen molar-refractivity contribution in [2.45, 2.75) is 12.8 Å². The third kappa shape index (κ3) is 5.49. The summed E-state index contributed by atoms with van der Waals surface area (Å²) in [6.07, 6.45) is 1.89. The van der Waals surface area contributed by atoms with Gasteiger partial charge < -0.3 is 15.5 Å². The molecule has 0 spiro atoms. The second-order valence-corrected chi connectivity index (χ2v) is 6.88. The van der Waals surface area contributed by atoms with Crippen molar-refractivity contribution < 1.29 is 0 Å². The van der Waals surface area contributed by atoms with Gasteiger partial charge in [-0.3, -0.25) is 0 Å². The van der Waals surface area contributed by atoms with Crippen molar-refractivity contribution >= 4 is 34.9 Å². The summed E-state index contributed by atoms with van der Waals surface area (Å²) < 4.78 is 0. The van der Waals surface area contributed by atoms with Crippen LogP contribution in [0.25, 0.3) is 0 Å². The first kappa shape index (κ1) is 18.8. The number of nitrogens with zero attached hydrogens (tertiary/aromatic N) is 5. The van der Waals surface area contributed by atoms with Crippen molar-refractivity contribution in [2.75, 3.05) is 36.2 Å². The second kappa shape index (κ2) is 9.11. The van der Waals surface area contributed by atoms with Crippen LogP contribution >= 0.6 is 0 Å². The van der Waals surface area contributed by atoms with Crippen LogP contribution in [0, 0.1) is 0 Å². The van der Waals surface area contributed by atoms with E-state index in [9.17, 15) is 0 Å². The topological polar surface area (TPSA) is 90.4 Å². The Hall–Kier alpha value is -3.52. The predicted octanol–water partition coefficient (Wildman–Crippen LogP) is 3.85. The van der Waals surface area contributed by atoms with Crippen LogP contribution in [0.15, 0.2) is 65.8 Å². The fourth-order valence-electron chi connectivity index (χ4n) is 2.96. The number of aromatic nitrogens is 3. The molecule has 8 heteroatoms. The molecule has 1 fully saturated rings. The van der Waals surface area contributed by atoms with Crippen LogP contribution in [0.2, 0.25) is 0 Å². The van der Waals surface area contributed by atoms with Crippen molar-refractivity contribution in [1.82, 2.24) is 19.9 Å². The number of nitrogens with one attached hydrogen (secondary N) is 3. The van der Waals surface area contributed by atoms with Crippen LogP contribution < -0.4 is 16.1 Å². The maximum atomic E-state index is 4.52. The molecule has 8 nitrogen and oxygen atoms in total. The third-order valence-corrected chi connectivity index (χ3v) is 4.57. The van der Waals surface area contributed by atoms with E-state index in [1.54, 1.807) is 0 Å². The summed E-state index contributed by atoms with van der Waals surface area (Å²) in [7, 11) is 2.12. The number of hydrazone groups is 1. The summed E-state index contributed by atoms with van der Waals surface area (Å²) in [5, 5.41) is 10.9.